The molecule has 244 valence electrons. The Bertz CT molecular complexity index is 1930. The molecule has 0 amide bonds. The van der Waals surface area contributed by atoms with Crippen LogP contribution in [0.15, 0.2) is 69.0 Å². The topological polar surface area (TPSA) is 141 Å². The standard InChI is InChI=1S/C32H33F3N6O5.K.H/c1-2-5-26-25(16-19-8-10-20(11-9-19)23-6-3-4-7-24(23)28-38-31(44)46-39-28)29(43)40(30-36-18-37-41(26)30)21-12-14-22(15-13-21)45-17-27(42)32(33,34)35;;/h3-4,6-11,18,21-22,27,42H,2,5,12-17H2,1H3,(H,38,39,44);;/q;+1;-1. The predicted molar refractivity (Wildman–Crippen MR) is 162 cm³/mol. The third-order valence-electron chi connectivity index (χ3n) is 8.46. The smallest absolute Gasteiger partial charge is 1.00 e. The van der Waals surface area contributed by atoms with E-state index in [1.54, 1.807) is 9.08 Å². The van der Waals surface area contributed by atoms with Crippen LogP contribution in [0.4, 0.5) is 13.2 Å². The number of alkyl halides is 3. The van der Waals surface area contributed by atoms with Gasteiger partial charge in [0, 0.05) is 23.6 Å². The molecule has 1 atom stereocenters. The summed E-state index contributed by atoms with van der Waals surface area (Å²) in [5.41, 5.74) is 4.61. The van der Waals surface area contributed by atoms with Crippen molar-refractivity contribution < 1.29 is 80.3 Å². The summed E-state index contributed by atoms with van der Waals surface area (Å²) < 4.78 is 51.6. The molecule has 2 N–H and O–H groups in total. The third kappa shape index (κ3) is 7.71. The number of rotatable bonds is 10. The summed E-state index contributed by atoms with van der Waals surface area (Å²) in [5, 5.41) is 17.6. The van der Waals surface area contributed by atoms with Crippen molar-refractivity contribution in [1.29, 1.82) is 0 Å². The summed E-state index contributed by atoms with van der Waals surface area (Å²) in [7, 11) is 0. The Morgan fingerprint density at radius 1 is 1.09 bits per heavy atom. The molecule has 1 unspecified atom stereocenters. The van der Waals surface area contributed by atoms with Gasteiger partial charge in [0.05, 0.1) is 18.4 Å². The number of aromatic nitrogens is 6. The number of aryl methyl sites for hydroxylation is 1. The van der Waals surface area contributed by atoms with E-state index in [0.717, 1.165) is 28.8 Å². The van der Waals surface area contributed by atoms with Gasteiger partial charge in [-0.25, -0.2) is 9.31 Å². The Morgan fingerprint density at radius 2 is 1.79 bits per heavy atom. The molecule has 0 bridgehead atoms. The van der Waals surface area contributed by atoms with Gasteiger partial charge in [0.15, 0.2) is 11.9 Å². The molecule has 15 heteroatoms. The quantitative estimate of drug-likeness (QED) is 0.214. The molecule has 5 aromatic rings. The Hall–Kier alpha value is -2.92. The summed E-state index contributed by atoms with van der Waals surface area (Å²) in [6.45, 7) is 1.22. The van der Waals surface area contributed by atoms with E-state index >= 15 is 0 Å². The van der Waals surface area contributed by atoms with Gasteiger partial charge in [-0.05, 0) is 48.8 Å². The van der Waals surface area contributed by atoms with Crippen LogP contribution in [0.2, 0.25) is 0 Å². The minimum absolute atomic E-state index is 0. The van der Waals surface area contributed by atoms with E-state index in [4.69, 9.17) is 9.26 Å². The van der Waals surface area contributed by atoms with Gasteiger partial charge < -0.3 is 11.3 Å². The van der Waals surface area contributed by atoms with Gasteiger partial charge in [-0.3, -0.25) is 18.9 Å². The minimum atomic E-state index is -4.73. The number of ether oxygens (including phenoxy) is 1. The van der Waals surface area contributed by atoms with Crippen LogP contribution >= 0.6 is 0 Å². The summed E-state index contributed by atoms with van der Waals surface area (Å²) in [5.74, 6) is 0.127. The number of halogens is 3. The summed E-state index contributed by atoms with van der Waals surface area (Å²) in [6, 6.07) is 15.1. The van der Waals surface area contributed by atoms with Crippen molar-refractivity contribution in [3.8, 4) is 22.5 Å². The maximum Gasteiger partial charge on any atom is 1.00 e. The number of aromatic amines is 1. The van der Waals surface area contributed by atoms with Crippen molar-refractivity contribution in [3.05, 3.63) is 92.6 Å². The first-order chi connectivity index (χ1) is 22.1. The summed E-state index contributed by atoms with van der Waals surface area (Å²) in [6.07, 6.45) is -2.61. The molecular weight excluding hydrogens is 644 g/mol. The van der Waals surface area contributed by atoms with E-state index in [-0.39, 0.29) is 64.4 Å². The Kier molecular flexibility index (Phi) is 11.4. The van der Waals surface area contributed by atoms with E-state index in [0.29, 0.717) is 61.3 Å². The van der Waals surface area contributed by atoms with Gasteiger partial charge in [0.2, 0.25) is 5.78 Å². The van der Waals surface area contributed by atoms with Crippen LogP contribution in [0.3, 0.4) is 0 Å². The number of benzene rings is 2. The van der Waals surface area contributed by atoms with Crippen LogP contribution in [0, 0.1) is 0 Å². The number of aliphatic hydroxyl groups excluding tert-OH is 1. The van der Waals surface area contributed by atoms with Crippen molar-refractivity contribution in [2.75, 3.05) is 6.61 Å². The van der Waals surface area contributed by atoms with E-state index in [1.165, 1.54) is 6.33 Å². The van der Waals surface area contributed by atoms with Crippen LogP contribution in [0.1, 0.15) is 63.3 Å². The van der Waals surface area contributed by atoms with Gasteiger partial charge in [0.1, 0.15) is 6.33 Å². The number of hydrogen-bond donors (Lipinski definition) is 2. The van der Waals surface area contributed by atoms with Gasteiger partial charge in [-0.1, -0.05) is 67.0 Å². The molecule has 0 aliphatic heterocycles. The van der Waals surface area contributed by atoms with Crippen LogP contribution in [-0.4, -0.2) is 59.4 Å². The van der Waals surface area contributed by atoms with E-state index in [9.17, 15) is 27.9 Å². The molecule has 3 aromatic heterocycles. The van der Waals surface area contributed by atoms with Crippen LogP contribution in [0.25, 0.3) is 28.3 Å². The zero-order valence-electron chi connectivity index (χ0n) is 27.0. The van der Waals surface area contributed by atoms with Crippen LogP contribution < -0.4 is 62.7 Å². The fraction of sp³-hybridized carbons (Fsp3) is 0.406. The molecule has 0 saturated heterocycles. The fourth-order valence-corrected chi connectivity index (χ4v) is 6.16. The van der Waals surface area contributed by atoms with Crippen LogP contribution in [-0.2, 0) is 17.6 Å². The molecule has 1 aliphatic rings. The first-order valence-electron chi connectivity index (χ1n) is 15.2. The van der Waals surface area contributed by atoms with Crippen molar-refractivity contribution in [1.82, 2.24) is 29.3 Å². The van der Waals surface area contributed by atoms with Crippen molar-refractivity contribution in [2.24, 2.45) is 0 Å². The fourth-order valence-electron chi connectivity index (χ4n) is 6.16. The average Bonchev–Trinajstić information content (AvgIpc) is 3.71. The molecular formula is C32H34F3KN6O5. The molecule has 11 nitrogen and oxygen atoms in total. The van der Waals surface area contributed by atoms with E-state index in [1.807, 2.05) is 55.5 Å². The third-order valence-corrected chi connectivity index (χ3v) is 8.46. The molecule has 0 spiro atoms. The molecule has 6 rings (SSSR count). The van der Waals surface area contributed by atoms with Crippen molar-refractivity contribution in [2.45, 2.75) is 76.3 Å². The average molecular weight is 679 g/mol. The zero-order valence-corrected chi connectivity index (χ0v) is 29.2. The second kappa shape index (κ2) is 15.1. The van der Waals surface area contributed by atoms with Gasteiger partial charge >= 0.3 is 63.3 Å². The van der Waals surface area contributed by atoms with E-state index in [2.05, 4.69) is 20.2 Å². The maximum atomic E-state index is 14.2. The van der Waals surface area contributed by atoms with Gasteiger partial charge in [0.25, 0.3) is 5.56 Å². The number of H-pyrrole nitrogens is 1. The Labute approximate surface area is 311 Å². The molecule has 1 fully saturated rings. The number of fused-ring (bicyclic) bond motifs is 1. The molecule has 0 radical (unpaired) electrons. The predicted octanol–water partition coefficient (Wildman–Crippen LogP) is 1.98. The Morgan fingerprint density at radius 3 is 2.43 bits per heavy atom. The SMILES string of the molecule is CCCc1c(Cc2ccc(-c3ccccc3-c3noc(=O)[nH]3)cc2)c(=O)n(C2CCC(OCC(O)C(F)(F)F)CC2)c2ncnn12.[H-].[K+]. The van der Waals surface area contributed by atoms with Crippen LogP contribution in [0.5, 0.6) is 0 Å². The summed E-state index contributed by atoms with van der Waals surface area (Å²) >= 11 is 0. The molecule has 3 heterocycles. The second-order valence-electron chi connectivity index (χ2n) is 11.5. The number of aliphatic hydroxyl groups is 1. The first-order valence-corrected chi connectivity index (χ1v) is 15.2. The number of nitrogens with one attached hydrogen (secondary N) is 1. The maximum absolute atomic E-state index is 14.2. The van der Waals surface area contributed by atoms with Gasteiger partial charge in [-0.2, -0.15) is 23.3 Å². The molecule has 1 aliphatic carbocycles. The number of hydrogen-bond acceptors (Lipinski definition) is 8. The molecule has 2 aromatic carbocycles. The molecule has 47 heavy (non-hydrogen) atoms. The first kappa shape index (κ1) is 35.4. The van der Waals surface area contributed by atoms with Crippen molar-refractivity contribution in [3.63, 3.8) is 0 Å². The van der Waals surface area contributed by atoms with Crippen molar-refractivity contribution >= 4 is 5.78 Å². The summed E-state index contributed by atoms with van der Waals surface area (Å²) in [4.78, 5) is 32.8. The van der Waals surface area contributed by atoms with Gasteiger partial charge in [-0.15, -0.1) is 0 Å². The second-order valence-corrected chi connectivity index (χ2v) is 11.5. The zero-order chi connectivity index (χ0) is 32.4. The largest absolute Gasteiger partial charge is 1.00 e. The normalized spacial score (nSPS) is 17.5. The monoisotopic (exact) mass is 678 g/mol. The van der Waals surface area contributed by atoms with E-state index < -0.39 is 30.7 Å². The minimum Gasteiger partial charge on any atom is -1.00 e. The number of nitrogens with zero attached hydrogens (tertiary/aromatic N) is 5. The Balaban J connectivity index is 0.00000260. The molecule has 1 saturated carbocycles.